The fraction of sp³-hybridized carbons (Fsp3) is 0. The minimum absolute atomic E-state index is 0.152. The molecule has 0 unspecified atom stereocenters. The topological polar surface area (TPSA) is 34.1 Å². The van der Waals surface area contributed by atoms with Gasteiger partial charge in [-0.2, -0.15) is 0 Å². The van der Waals surface area contributed by atoms with Crippen LogP contribution in [0.5, 0.6) is 0 Å². The van der Waals surface area contributed by atoms with Crippen molar-refractivity contribution in [1.82, 2.24) is 0 Å². The molecule has 0 fully saturated rings. The van der Waals surface area contributed by atoms with Crippen molar-refractivity contribution in [3.8, 4) is 0 Å². The van der Waals surface area contributed by atoms with Crippen LogP contribution in [0.2, 0.25) is 0 Å². The molecule has 0 spiro atoms. The Hall–Kier alpha value is -1.48. The van der Waals surface area contributed by atoms with Gasteiger partial charge in [0.2, 0.25) is 5.78 Å². The number of hydrogen-bond donors (Lipinski definition) is 0. The third-order valence-electron chi connectivity index (χ3n) is 2.10. The van der Waals surface area contributed by atoms with Crippen molar-refractivity contribution in [3.05, 3.63) is 52.5 Å². The van der Waals surface area contributed by atoms with Gasteiger partial charge in [0, 0.05) is 11.6 Å². The highest BCUT2D eigenvalue weighted by Crippen LogP contribution is 2.25. The lowest BCUT2D eigenvalue weighted by Crippen LogP contribution is -2.09. The van der Waals surface area contributed by atoms with Gasteiger partial charge < -0.3 is 0 Å². The molecule has 0 N–H and O–H groups in total. The summed E-state index contributed by atoms with van der Waals surface area (Å²) < 4.78 is 0.314. The van der Waals surface area contributed by atoms with Gasteiger partial charge in [0.15, 0.2) is 5.78 Å². The molecule has 2 rings (SSSR count). The fourth-order valence-corrected chi connectivity index (χ4v) is 1.84. The zero-order valence-corrected chi connectivity index (χ0v) is 9.32. The molecule has 15 heavy (non-hydrogen) atoms. The Morgan fingerprint density at radius 2 is 1.60 bits per heavy atom. The van der Waals surface area contributed by atoms with Crippen LogP contribution in [0, 0.1) is 0 Å². The van der Waals surface area contributed by atoms with Gasteiger partial charge in [-0.05, 0) is 27.6 Å². The van der Waals surface area contributed by atoms with Crippen molar-refractivity contribution in [2.45, 2.75) is 0 Å². The first-order valence-electron chi connectivity index (χ1n) is 4.41. The van der Waals surface area contributed by atoms with Crippen LogP contribution >= 0.6 is 15.9 Å². The summed E-state index contributed by atoms with van der Waals surface area (Å²) in [6.07, 6.45) is 2.65. The molecule has 1 aromatic rings. The molecule has 3 heteroatoms. The van der Waals surface area contributed by atoms with Crippen molar-refractivity contribution in [3.63, 3.8) is 0 Å². The van der Waals surface area contributed by atoms with Crippen molar-refractivity contribution in [2.75, 3.05) is 0 Å². The molecular weight excluding hydrogens is 256 g/mol. The van der Waals surface area contributed by atoms with Crippen LogP contribution in [0.25, 0.3) is 5.57 Å². The van der Waals surface area contributed by atoms with E-state index in [1.165, 1.54) is 12.2 Å². The molecule has 1 aliphatic rings. The number of allylic oxidation sites excluding steroid dienone is 4. The van der Waals surface area contributed by atoms with E-state index in [1.807, 2.05) is 30.3 Å². The molecule has 0 bridgehead atoms. The van der Waals surface area contributed by atoms with E-state index in [0.29, 0.717) is 10.1 Å². The average molecular weight is 263 g/mol. The third-order valence-corrected chi connectivity index (χ3v) is 2.69. The lowest BCUT2D eigenvalue weighted by molar-refractivity contribution is -0.113. The van der Waals surface area contributed by atoms with Crippen LogP contribution in [-0.2, 0) is 9.59 Å². The second kappa shape index (κ2) is 3.95. The second-order valence-corrected chi connectivity index (χ2v) is 4.00. The predicted molar refractivity (Wildman–Crippen MR) is 61.4 cm³/mol. The van der Waals surface area contributed by atoms with Crippen LogP contribution in [0.4, 0.5) is 0 Å². The van der Waals surface area contributed by atoms with E-state index in [2.05, 4.69) is 15.9 Å². The Labute approximate surface area is 95.4 Å². The van der Waals surface area contributed by atoms with E-state index < -0.39 is 0 Å². The van der Waals surface area contributed by atoms with Crippen molar-refractivity contribution >= 4 is 33.1 Å². The van der Waals surface area contributed by atoms with E-state index in [4.69, 9.17) is 0 Å². The van der Waals surface area contributed by atoms with Crippen LogP contribution in [0.3, 0.4) is 0 Å². The highest BCUT2D eigenvalue weighted by atomic mass is 79.9. The molecule has 2 nitrogen and oxygen atoms in total. The maximum atomic E-state index is 11.7. The summed E-state index contributed by atoms with van der Waals surface area (Å²) in [5, 5.41) is 0. The van der Waals surface area contributed by atoms with Gasteiger partial charge in [0.05, 0.1) is 4.48 Å². The maximum absolute atomic E-state index is 11.7. The van der Waals surface area contributed by atoms with E-state index in [-0.39, 0.29) is 11.6 Å². The van der Waals surface area contributed by atoms with E-state index in [9.17, 15) is 9.59 Å². The lowest BCUT2D eigenvalue weighted by atomic mass is 9.96. The number of rotatable bonds is 1. The van der Waals surface area contributed by atoms with Gasteiger partial charge >= 0.3 is 0 Å². The van der Waals surface area contributed by atoms with Gasteiger partial charge in [-0.15, -0.1) is 0 Å². The summed E-state index contributed by atoms with van der Waals surface area (Å²) in [6, 6.07) is 9.15. The molecule has 0 aliphatic heterocycles. The van der Waals surface area contributed by atoms with Crippen molar-refractivity contribution in [1.29, 1.82) is 0 Å². The largest absolute Gasteiger partial charge is 0.290 e. The van der Waals surface area contributed by atoms with Crippen molar-refractivity contribution in [2.24, 2.45) is 0 Å². The summed E-state index contributed by atoms with van der Waals surface area (Å²) in [5.41, 5.74) is 1.20. The fourth-order valence-electron chi connectivity index (χ4n) is 1.40. The lowest BCUT2D eigenvalue weighted by Gasteiger charge is -2.09. The molecule has 0 atom stereocenters. The number of Topliss-reactive ketones (excluding diaryl/α,β-unsaturated/α-hetero) is 1. The predicted octanol–water partition coefficient (Wildman–Crippen LogP) is 2.50. The normalized spacial score (nSPS) is 16.1. The Morgan fingerprint density at radius 3 is 2.27 bits per heavy atom. The minimum Gasteiger partial charge on any atom is -0.290 e. The SMILES string of the molecule is O=C1C=C(Br)C(=O)C(c2ccccc2)=C1. The molecular formula is C12H7BrO2. The minimum atomic E-state index is -0.166. The van der Waals surface area contributed by atoms with Crippen LogP contribution in [-0.4, -0.2) is 11.6 Å². The molecule has 1 aliphatic carbocycles. The zero-order chi connectivity index (χ0) is 10.8. The molecule has 0 radical (unpaired) electrons. The van der Waals surface area contributed by atoms with Crippen LogP contribution in [0.15, 0.2) is 47.0 Å². The molecule has 1 aromatic carbocycles. The summed E-state index contributed by atoms with van der Waals surface area (Å²) in [4.78, 5) is 23.0. The Kier molecular flexibility index (Phi) is 2.64. The number of ketones is 2. The van der Waals surface area contributed by atoms with E-state index >= 15 is 0 Å². The molecule has 0 heterocycles. The maximum Gasteiger partial charge on any atom is 0.200 e. The number of benzene rings is 1. The average Bonchev–Trinajstić information content (AvgIpc) is 2.24. The number of halogens is 1. The summed E-state index contributed by atoms with van der Waals surface area (Å²) in [5.74, 6) is -0.318. The Morgan fingerprint density at radius 1 is 0.933 bits per heavy atom. The van der Waals surface area contributed by atoms with Crippen molar-refractivity contribution < 1.29 is 9.59 Å². The van der Waals surface area contributed by atoms with E-state index in [0.717, 1.165) is 5.56 Å². The molecule has 0 aromatic heterocycles. The highest BCUT2D eigenvalue weighted by molar-refractivity contribution is 9.12. The van der Waals surface area contributed by atoms with Gasteiger partial charge in [-0.25, -0.2) is 0 Å². The molecule has 0 saturated carbocycles. The second-order valence-electron chi connectivity index (χ2n) is 3.15. The first kappa shape index (κ1) is 10.1. The summed E-state index contributed by atoms with van der Waals surface area (Å²) in [6.45, 7) is 0. The third kappa shape index (κ3) is 1.97. The Balaban J connectivity index is 2.47. The van der Waals surface area contributed by atoms with E-state index in [1.54, 1.807) is 0 Å². The number of carbonyl (C=O) groups is 2. The number of carbonyl (C=O) groups excluding carboxylic acids is 2. The molecule has 0 saturated heterocycles. The quantitative estimate of drug-likeness (QED) is 0.729. The smallest absolute Gasteiger partial charge is 0.200 e. The van der Waals surface area contributed by atoms with Gasteiger partial charge in [-0.3, -0.25) is 9.59 Å². The standard InChI is InChI=1S/C12H7BrO2/c13-11-7-9(14)6-10(12(11)15)8-4-2-1-3-5-8/h1-7H. The van der Waals surface area contributed by atoms with Crippen LogP contribution < -0.4 is 0 Å². The Bertz CT molecular complexity index is 484. The highest BCUT2D eigenvalue weighted by Gasteiger charge is 2.20. The van der Waals surface area contributed by atoms with Gasteiger partial charge in [0.1, 0.15) is 0 Å². The summed E-state index contributed by atoms with van der Waals surface area (Å²) in [7, 11) is 0. The molecule has 74 valence electrons. The zero-order valence-electron chi connectivity index (χ0n) is 7.74. The summed E-state index contributed by atoms with van der Waals surface area (Å²) >= 11 is 3.08. The molecule has 0 amide bonds. The first-order valence-corrected chi connectivity index (χ1v) is 5.21. The first-order chi connectivity index (χ1) is 7.18. The monoisotopic (exact) mass is 262 g/mol. The number of hydrogen-bond acceptors (Lipinski definition) is 2. The van der Waals surface area contributed by atoms with Gasteiger partial charge in [-0.1, -0.05) is 30.3 Å². The van der Waals surface area contributed by atoms with Gasteiger partial charge in [0.25, 0.3) is 0 Å². The van der Waals surface area contributed by atoms with Crippen LogP contribution in [0.1, 0.15) is 5.56 Å².